The number of nitrogens with zero attached hydrogens (tertiary/aromatic N) is 1. The fourth-order valence-electron chi connectivity index (χ4n) is 6.07. The Bertz CT molecular complexity index is 1150. The first-order valence-electron chi connectivity index (χ1n) is 13.7. The molecule has 0 aromatic heterocycles. The van der Waals surface area contributed by atoms with Crippen LogP contribution in [-0.4, -0.2) is 34.0 Å². The highest BCUT2D eigenvalue weighted by molar-refractivity contribution is 8.04. The van der Waals surface area contributed by atoms with Crippen molar-refractivity contribution in [2.45, 2.75) is 82.7 Å². The Balaban J connectivity index is 1.31. The van der Waals surface area contributed by atoms with E-state index in [4.69, 9.17) is 0 Å². The maximum atomic E-state index is 13.6. The minimum absolute atomic E-state index is 0.0243. The fourth-order valence-corrected chi connectivity index (χ4v) is 7.54. The summed E-state index contributed by atoms with van der Waals surface area (Å²) in [6, 6.07) is 14.5. The molecule has 5 atom stereocenters. The molecular formula is C31H37FN2O2S. The van der Waals surface area contributed by atoms with Gasteiger partial charge in [-0.1, -0.05) is 63.8 Å². The third-order valence-corrected chi connectivity index (χ3v) is 9.98. The van der Waals surface area contributed by atoms with Crippen molar-refractivity contribution in [3.05, 3.63) is 75.9 Å². The second-order valence-corrected chi connectivity index (χ2v) is 12.3. The molecule has 0 bridgehead atoms. The maximum absolute atomic E-state index is 13.6. The predicted molar refractivity (Wildman–Crippen MR) is 148 cm³/mol. The molecule has 0 spiro atoms. The van der Waals surface area contributed by atoms with Gasteiger partial charge in [0.15, 0.2) is 0 Å². The molecule has 2 aliphatic carbocycles. The number of hydrogen-bond acceptors (Lipinski definition) is 3. The third-order valence-electron chi connectivity index (χ3n) is 8.58. The lowest BCUT2D eigenvalue weighted by Crippen LogP contribution is -2.50. The second kappa shape index (κ2) is 11.4. The summed E-state index contributed by atoms with van der Waals surface area (Å²) in [5, 5.41) is 3.62. The van der Waals surface area contributed by atoms with E-state index < -0.39 is 0 Å². The van der Waals surface area contributed by atoms with Crippen molar-refractivity contribution in [2.24, 2.45) is 11.8 Å². The molecule has 3 aliphatic rings. The normalized spacial score (nSPS) is 29.2. The third kappa shape index (κ3) is 5.95. The fraction of sp³-hybridized carbons (Fsp3) is 0.484. The zero-order chi connectivity index (χ0) is 25.9. The summed E-state index contributed by atoms with van der Waals surface area (Å²) in [7, 11) is 0. The highest BCUT2D eigenvalue weighted by Gasteiger charge is 2.40. The molecule has 6 heteroatoms. The maximum Gasteiger partial charge on any atom is 0.260 e. The SMILES string of the molecule is CC1CCCC(NC(=O)c2ccc(/C=C3\SC4CCCCC4N(Cc4ccc(F)cc4)C3=O)cc2)C1C. The smallest absolute Gasteiger partial charge is 0.260 e. The Labute approximate surface area is 224 Å². The Morgan fingerprint density at radius 3 is 2.49 bits per heavy atom. The molecule has 0 radical (unpaired) electrons. The summed E-state index contributed by atoms with van der Waals surface area (Å²) < 4.78 is 13.4. The zero-order valence-corrected chi connectivity index (χ0v) is 22.6. The number of halogens is 1. The Kier molecular flexibility index (Phi) is 8.04. The van der Waals surface area contributed by atoms with Crippen LogP contribution in [0.25, 0.3) is 6.08 Å². The van der Waals surface area contributed by atoms with Gasteiger partial charge in [-0.2, -0.15) is 0 Å². The van der Waals surface area contributed by atoms with Gasteiger partial charge in [0.1, 0.15) is 5.82 Å². The van der Waals surface area contributed by atoms with E-state index >= 15 is 0 Å². The van der Waals surface area contributed by atoms with Crippen LogP contribution in [0.3, 0.4) is 0 Å². The van der Waals surface area contributed by atoms with Gasteiger partial charge in [-0.15, -0.1) is 11.8 Å². The van der Waals surface area contributed by atoms with Crippen LogP contribution in [0.1, 0.15) is 80.3 Å². The van der Waals surface area contributed by atoms with Crippen LogP contribution in [0, 0.1) is 17.7 Å². The first-order chi connectivity index (χ1) is 17.9. The summed E-state index contributed by atoms with van der Waals surface area (Å²) in [6.45, 7) is 5.00. The van der Waals surface area contributed by atoms with E-state index in [0.717, 1.165) is 48.1 Å². The zero-order valence-electron chi connectivity index (χ0n) is 21.8. The van der Waals surface area contributed by atoms with Crippen molar-refractivity contribution in [2.75, 3.05) is 0 Å². The standard InChI is InChI=1S/C31H37FN2O2S/c1-20-6-5-7-26(21(20)2)33-30(35)24-14-10-22(11-15-24)18-29-31(36)34(19-23-12-16-25(32)17-13-23)27-8-3-4-9-28(27)37-29/h10-18,20-21,26-28H,3-9,19H2,1-2H3,(H,33,35)/b29-18-. The quantitative estimate of drug-likeness (QED) is 0.441. The summed E-state index contributed by atoms with van der Waals surface area (Å²) in [4.78, 5) is 29.2. The van der Waals surface area contributed by atoms with Gasteiger partial charge >= 0.3 is 0 Å². The first kappa shape index (κ1) is 26.0. The van der Waals surface area contributed by atoms with E-state index in [-0.39, 0.29) is 29.7 Å². The van der Waals surface area contributed by atoms with E-state index in [1.54, 1.807) is 23.9 Å². The summed E-state index contributed by atoms with van der Waals surface area (Å²) in [6.07, 6.45) is 9.82. The molecule has 2 saturated carbocycles. The van der Waals surface area contributed by atoms with Crippen molar-refractivity contribution in [1.29, 1.82) is 0 Å². The molecule has 1 saturated heterocycles. The summed E-state index contributed by atoms with van der Waals surface area (Å²) in [5.74, 6) is 0.867. The van der Waals surface area contributed by atoms with E-state index in [1.165, 1.54) is 25.0 Å². The van der Waals surface area contributed by atoms with E-state index in [2.05, 4.69) is 19.2 Å². The second-order valence-electron chi connectivity index (χ2n) is 11.0. The van der Waals surface area contributed by atoms with Crippen LogP contribution in [-0.2, 0) is 11.3 Å². The molecule has 1 aliphatic heterocycles. The van der Waals surface area contributed by atoms with Crippen LogP contribution in [0.2, 0.25) is 0 Å². The molecule has 37 heavy (non-hydrogen) atoms. The molecule has 5 unspecified atom stereocenters. The molecule has 2 amide bonds. The molecule has 1 heterocycles. The number of nitrogens with one attached hydrogen (secondary N) is 1. The highest BCUT2D eigenvalue weighted by Crippen LogP contribution is 2.42. The van der Waals surface area contributed by atoms with Gasteiger partial charge in [-0.3, -0.25) is 9.59 Å². The van der Waals surface area contributed by atoms with Crippen LogP contribution in [0.4, 0.5) is 4.39 Å². The molecule has 2 aromatic rings. The van der Waals surface area contributed by atoms with Crippen molar-refractivity contribution < 1.29 is 14.0 Å². The van der Waals surface area contributed by atoms with Gasteiger partial charge in [0.25, 0.3) is 11.8 Å². The number of hydrogen-bond donors (Lipinski definition) is 1. The van der Waals surface area contributed by atoms with Gasteiger partial charge in [-0.05, 0) is 72.6 Å². The van der Waals surface area contributed by atoms with Crippen molar-refractivity contribution in [1.82, 2.24) is 10.2 Å². The van der Waals surface area contributed by atoms with Gasteiger partial charge < -0.3 is 10.2 Å². The lowest BCUT2D eigenvalue weighted by Gasteiger charge is -2.44. The van der Waals surface area contributed by atoms with Crippen molar-refractivity contribution in [3.8, 4) is 0 Å². The van der Waals surface area contributed by atoms with Gasteiger partial charge in [0.2, 0.25) is 0 Å². The minimum atomic E-state index is -0.264. The molecular weight excluding hydrogens is 483 g/mol. The molecule has 4 nitrogen and oxygen atoms in total. The molecule has 2 aromatic carbocycles. The van der Waals surface area contributed by atoms with Crippen molar-refractivity contribution in [3.63, 3.8) is 0 Å². The van der Waals surface area contributed by atoms with Crippen LogP contribution >= 0.6 is 11.8 Å². The van der Waals surface area contributed by atoms with E-state index in [9.17, 15) is 14.0 Å². The lowest BCUT2D eigenvalue weighted by molar-refractivity contribution is -0.130. The number of rotatable bonds is 5. The minimum Gasteiger partial charge on any atom is -0.349 e. The lowest BCUT2D eigenvalue weighted by atomic mass is 9.78. The number of fused-ring (bicyclic) bond motifs is 1. The molecule has 5 rings (SSSR count). The van der Waals surface area contributed by atoms with Crippen LogP contribution < -0.4 is 5.32 Å². The van der Waals surface area contributed by atoms with E-state index in [1.807, 2.05) is 35.2 Å². The molecule has 3 fully saturated rings. The molecule has 196 valence electrons. The highest BCUT2D eigenvalue weighted by atomic mass is 32.2. The van der Waals surface area contributed by atoms with Gasteiger partial charge in [0.05, 0.1) is 4.91 Å². The first-order valence-corrected chi connectivity index (χ1v) is 14.6. The number of thioether (sulfide) groups is 1. The average molecular weight is 521 g/mol. The number of benzene rings is 2. The van der Waals surface area contributed by atoms with Gasteiger partial charge in [-0.25, -0.2) is 4.39 Å². The van der Waals surface area contributed by atoms with Crippen molar-refractivity contribution >= 4 is 29.7 Å². The van der Waals surface area contributed by atoms with E-state index in [0.29, 0.717) is 29.2 Å². The monoisotopic (exact) mass is 520 g/mol. The Morgan fingerprint density at radius 2 is 1.73 bits per heavy atom. The summed E-state index contributed by atoms with van der Waals surface area (Å²) >= 11 is 1.70. The van der Waals surface area contributed by atoms with Gasteiger partial charge in [0, 0.05) is 29.4 Å². The Hall–Kier alpha value is -2.60. The topological polar surface area (TPSA) is 49.4 Å². The summed E-state index contributed by atoms with van der Waals surface area (Å²) in [5.41, 5.74) is 2.52. The largest absolute Gasteiger partial charge is 0.349 e. The average Bonchev–Trinajstić information content (AvgIpc) is 2.90. The van der Waals surface area contributed by atoms with Crippen LogP contribution in [0.5, 0.6) is 0 Å². The number of carbonyl (C=O) groups is 2. The predicted octanol–water partition coefficient (Wildman–Crippen LogP) is 6.81. The number of carbonyl (C=O) groups excluding carboxylic acids is 2. The number of amides is 2. The molecule has 1 N–H and O–H groups in total. The van der Waals surface area contributed by atoms with Crippen LogP contribution in [0.15, 0.2) is 53.4 Å². The Morgan fingerprint density at radius 1 is 1.00 bits per heavy atom.